The van der Waals surface area contributed by atoms with Crippen molar-refractivity contribution in [3.8, 4) is 0 Å². The molecule has 0 aliphatic carbocycles. The zero-order valence-electron chi connectivity index (χ0n) is 20.2. The van der Waals surface area contributed by atoms with Gasteiger partial charge in [0.25, 0.3) is 17.8 Å². The van der Waals surface area contributed by atoms with Gasteiger partial charge in [-0.1, -0.05) is 38.0 Å². The summed E-state index contributed by atoms with van der Waals surface area (Å²) in [5.74, 6) is -1.68. The molecule has 1 heterocycles. The van der Waals surface area contributed by atoms with Crippen LogP contribution in [0.2, 0.25) is 0 Å². The number of aliphatic hydroxyl groups excluding tert-OH is 2. The van der Waals surface area contributed by atoms with E-state index in [1.807, 2.05) is 39.0 Å². The van der Waals surface area contributed by atoms with Crippen LogP contribution in [0.25, 0.3) is 0 Å². The van der Waals surface area contributed by atoms with E-state index in [1.165, 1.54) is 5.01 Å². The fourth-order valence-electron chi connectivity index (χ4n) is 2.38. The first-order valence-electron chi connectivity index (χ1n) is 11.1. The predicted octanol–water partition coefficient (Wildman–Crippen LogP) is 1.99. The number of aliphatic carboxylic acids is 1. The average molecular weight is 473 g/mol. The number of rotatable bonds is 10. The Bertz CT molecular complexity index is 618. The standard InChI is InChI=1S/C13H16N2O2.C4H10O3.C4H10O.C2H4O2/c1-2-3-9-11-12(16)14-15(13(11)17)10-7-5-4-6-8-10;5-1-3-7-4-2-6;1-3-5-4-2;1-2(3)4/h4-8,11H,2-3,9H2,1H3,(H,14,16);5-6H,1-4H2;3-4H2,1-2H3;1H3,(H,3,4). The van der Waals surface area contributed by atoms with Gasteiger partial charge in [0.2, 0.25) is 0 Å². The number of carbonyl (C=O) groups excluding carboxylic acids is 2. The molecule has 1 aliphatic rings. The maximum atomic E-state index is 12.1. The van der Waals surface area contributed by atoms with E-state index in [2.05, 4.69) is 10.2 Å². The first-order chi connectivity index (χ1) is 15.8. The van der Waals surface area contributed by atoms with Gasteiger partial charge in [-0.2, -0.15) is 0 Å². The van der Waals surface area contributed by atoms with E-state index in [1.54, 1.807) is 12.1 Å². The van der Waals surface area contributed by atoms with Crippen LogP contribution < -0.4 is 10.4 Å². The number of carboxylic acid groups (broad SMARTS) is 1. The Labute approximate surface area is 196 Å². The normalized spacial score (nSPS) is 14.1. The molecule has 190 valence electrons. The number of ether oxygens (including phenoxy) is 2. The summed E-state index contributed by atoms with van der Waals surface area (Å²) in [5, 5.41) is 24.9. The maximum Gasteiger partial charge on any atom is 0.300 e. The third-order valence-electron chi connectivity index (χ3n) is 3.80. The molecule has 1 aromatic carbocycles. The number of nitrogens with zero attached hydrogens (tertiary/aromatic N) is 1. The van der Waals surface area contributed by atoms with Gasteiger partial charge in [0, 0.05) is 20.1 Å². The summed E-state index contributed by atoms with van der Waals surface area (Å²) in [5.41, 5.74) is 3.34. The number of hydrogen-bond donors (Lipinski definition) is 4. The highest BCUT2D eigenvalue weighted by molar-refractivity contribution is 6.14. The van der Waals surface area contributed by atoms with Gasteiger partial charge in [-0.25, -0.2) is 5.01 Å². The molecule has 1 aromatic rings. The second-order valence-corrected chi connectivity index (χ2v) is 6.54. The lowest BCUT2D eigenvalue weighted by Crippen LogP contribution is -2.35. The van der Waals surface area contributed by atoms with Crippen LogP contribution in [-0.2, 0) is 23.9 Å². The van der Waals surface area contributed by atoms with E-state index >= 15 is 0 Å². The lowest BCUT2D eigenvalue weighted by Gasteiger charge is -2.14. The molecule has 33 heavy (non-hydrogen) atoms. The van der Waals surface area contributed by atoms with Gasteiger partial charge in [0.05, 0.1) is 32.1 Å². The Morgan fingerprint density at radius 1 is 1.00 bits per heavy atom. The van der Waals surface area contributed by atoms with Crippen molar-refractivity contribution in [2.45, 2.75) is 47.0 Å². The van der Waals surface area contributed by atoms with Crippen molar-refractivity contribution in [3.63, 3.8) is 0 Å². The molecule has 1 aliphatic heterocycles. The number of hydrazine groups is 1. The van der Waals surface area contributed by atoms with Crippen molar-refractivity contribution in [3.05, 3.63) is 30.3 Å². The van der Waals surface area contributed by atoms with Gasteiger partial charge < -0.3 is 24.8 Å². The molecule has 1 atom stereocenters. The van der Waals surface area contributed by atoms with Crippen LogP contribution in [0.1, 0.15) is 47.0 Å². The minimum Gasteiger partial charge on any atom is -0.481 e. The topological polar surface area (TPSA) is 146 Å². The summed E-state index contributed by atoms with van der Waals surface area (Å²) in [7, 11) is 0. The van der Waals surface area contributed by atoms with Gasteiger partial charge in [-0.3, -0.25) is 19.8 Å². The van der Waals surface area contributed by atoms with E-state index in [0.29, 0.717) is 25.3 Å². The Kier molecular flexibility index (Phi) is 22.4. The number of aliphatic hydroxyl groups is 2. The largest absolute Gasteiger partial charge is 0.481 e. The van der Waals surface area contributed by atoms with E-state index < -0.39 is 11.9 Å². The maximum absolute atomic E-state index is 12.1. The van der Waals surface area contributed by atoms with Gasteiger partial charge in [0.1, 0.15) is 5.92 Å². The molecule has 2 amide bonds. The molecule has 1 fully saturated rings. The van der Waals surface area contributed by atoms with E-state index in [9.17, 15) is 9.59 Å². The minimum atomic E-state index is -0.833. The number of carboxylic acids is 1. The molecule has 0 spiro atoms. The highest BCUT2D eigenvalue weighted by Gasteiger charge is 2.39. The van der Waals surface area contributed by atoms with Gasteiger partial charge in [-0.05, 0) is 32.4 Å². The van der Waals surface area contributed by atoms with Crippen molar-refractivity contribution < 1.29 is 39.2 Å². The van der Waals surface area contributed by atoms with Crippen molar-refractivity contribution in [2.75, 3.05) is 44.7 Å². The zero-order chi connectivity index (χ0) is 25.5. The number of hydrogen-bond acceptors (Lipinski definition) is 7. The van der Waals surface area contributed by atoms with Crippen LogP contribution >= 0.6 is 0 Å². The van der Waals surface area contributed by atoms with Gasteiger partial charge >= 0.3 is 0 Å². The summed E-state index contributed by atoms with van der Waals surface area (Å²) in [6.07, 6.45) is 2.51. The molecule has 10 heteroatoms. The number of para-hydroxylation sites is 1. The summed E-state index contributed by atoms with van der Waals surface area (Å²) in [6.45, 7) is 9.49. The molecule has 10 nitrogen and oxygen atoms in total. The van der Waals surface area contributed by atoms with Gasteiger partial charge in [-0.15, -0.1) is 0 Å². The second kappa shape index (κ2) is 22.7. The number of nitrogens with one attached hydrogen (secondary N) is 1. The molecular weight excluding hydrogens is 432 g/mol. The predicted molar refractivity (Wildman–Crippen MR) is 126 cm³/mol. The summed E-state index contributed by atoms with van der Waals surface area (Å²) in [6, 6.07) is 9.17. The quantitative estimate of drug-likeness (QED) is 0.299. The first-order valence-corrected chi connectivity index (χ1v) is 11.1. The molecule has 0 aromatic heterocycles. The highest BCUT2D eigenvalue weighted by Crippen LogP contribution is 2.22. The van der Waals surface area contributed by atoms with Crippen molar-refractivity contribution in [1.82, 2.24) is 5.43 Å². The Morgan fingerprint density at radius 3 is 1.91 bits per heavy atom. The number of anilines is 1. The Balaban J connectivity index is 0. The number of carbonyl (C=O) groups is 3. The van der Waals surface area contributed by atoms with Gasteiger partial charge in [0.15, 0.2) is 0 Å². The summed E-state index contributed by atoms with van der Waals surface area (Å²) in [4.78, 5) is 32.8. The van der Waals surface area contributed by atoms with Crippen molar-refractivity contribution in [2.24, 2.45) is 5.92 Å². The fraction of sp³-hybridized carbons (Fsp3) is 0.609. The molecule has 0 bridgehead atoms. The van der Waals surface area contributed by atoms with Crippen molar-refractivity contribution in [1.29, 1.82) is 0 Å². The summed E-state index contributed by atoms with van der Waals surface area (Å²) >= 11 is 0. The molecule has 2 rings (SSSR count). The molecule has 0 saturated carbocycles. The third-order valence-corrected chi connectivity index (χ3v) is 3.80. The van der Waals surface area contributed by atoms with Crippen molar-refractivity contribution >= 4 is 23.5 Å². The summed E-state index contributed by atoms with van der Waals surface area (Å²) < 4.78 is 9.47. The lowest BCUT2D eigenvalue weighted by molar-refractivity contribution is -0.134. The number of benzene rings is 1. The van der Waals surface area contributed by atoms with Crippen LogP contribution in [0.4, 0.5) is 5.69 Å². The smallest absolute Gasteiger partial charge is 0.300 e. The molecular formula is C23H40N2O8. The van der Waals surface area contributed by atoms with E-state index in [0.717, 1.165) is 33.0 Å². The van der Waals surface area contributed by atoms with Crippen LogP contribution in [0.5, 0.6) is 0 Å². The molecule has 1 unspecified atom stereocenters. The minimum absolute atomic E-state index is 0.0278. The van der Waals surface area contributed by atoms with E-state index in [4.69, 9.17) is 24.9 Å². The van der Waals surface area contributed by atoms with Crippen LogP contribution in [-0.4, -0.2) is 72.7 Å². The lowest BCUT2D eigenvalue weighted by atomic mass is 10.0. The monoisotopic (exact) mass is 472 g/mol. The Morgan fingerprint density at radius 2 is 1.52 bits per heavy atom. The fourth-order valence-corrected chi connectivity index (χ4v) is 2.38. The highest BCUT2D eigenvalue weighted by atomic mass is 16.5. The van der Waals surface area contributed by atoms with Crippen LogP contribution in [0, 0.1) is 5.92 Å². The molecule has 1 saturated heterocycles. The van der Waals surface area contributed by atoms with E-state index in [-0.39, 0.29) is 25.0 Å². The van der Waals surface area contributed by atoms with Crippen LogP contribution in [0.15, 0.2) is 30.3 Å². The first kappa shape index (κ1) is 32.6. The average Bonchev–Trinajstić information content (AvgIpc) is 3.08. The zero-order valence-corrected chi connectivity index (χ0v) is 20.2. The SMILES string of the molecule is CC(=O)O.CCCCC1C(=O)NN(c2ccccc2)C1=O.CCOCC.OCCOCCO. The third kappa shape index (κ3) is 17.7. The number of amides is 2. The number of unbranched alkanes of at least 4 members (excludes halogenated alkanes) is 1. The Hall–Kier alpha value is -2.53. The second-order valence-electron chi connectivity index (χ2n) is 6.54. The molecule has 0 radical (unpaired) electrons. The van der Waals surface area contributed by atoms with Crippen LogP contribution in [0.3, 0.4) is 0 Å². The molecule has 4 N–H and O–H groups in total.